The summed E-state index contributed by atoms with van der Waals surface area (Å²) in [6.45, 7) is 4.67. The lowest BCUT2D eigenvalue weighted by molar-refractivity contribution is 0.359. The van der Waals surface area contributed by atoms with Crippen molar-refractivity contribution in [1.82, 2.24) is 15.5 Å². The zero-order valence-electron chi connectivity index (χ0n) is 10.7. The van der Waals surface area contributed by atoms with Crippen LogP contribution in [0.5, 0.6) is 5.75 Å². The highest BCUT2D eigenvalue weighted by Crippen LogP contribution is 2.23. The quantitative estimate of drug-likeness (QED) is 0.854. The second-order valence-electron chi connectivity index (χ2n) is 4.13. The van der Waals surface area contributed by atoms with Crippen molar-refractivity contribution in [3.63, 3.8) is 0 Å². The first-order chi connectivity index (χ1) is 9.20. The van der Waals surface area contributed by atoms with Gasteiger partial charge in [-0.25, -0.2) is 0 Å². The zero-order chi connectivity index (χ0) is 13.7. The van der Waals surface area contributed by atoms with Crippen LogP contribution in [0.1, 0.15) is 5.56 Å². The summed E-state index contributed by atoms with van der Waals surface area (Å²) < 4.78 is 5.45. The van der Waals surface area contributed by atoms with Crippen LogP contribution in [0.15, 0.2) is 42.1 Å². The summed E-state index contributed by atoms with van der Waals surface area (Å²) in [6, 6.07) is 7.77. The first-order valence-electron chi connectivity index (χ1n) is 5.94. The molecule has 0 fully saturated rings. The largest absolute Gasteiger partial charge is 0.488 e. The van der Waals surface area contributed by atoms with Crippen molar-refractivity contribution in [2.24, 2.45) is 0 Å². The van der Waals surface area contributed by atoms with Gasteiger partial charge in [-0.1, -0.05) is 18.2 Å². The van der Waals surface area contributed by atoms with Gasteiger partial charge in [-0.05, 0) is 31.3 Å². The third-order valence-electron chi connectivity index (χ3n) is 2.62. The summed E-state index contributed by atoms with van der Waals surface area (Å²) in [5, 5.41) is 10.7. The van der Waals surface area contributed by atoms with Crippen LogP contribution in [-0.4, -0.2) is 23.9 Å². The molecule has 2 N–H and O–H groups in total. The van der Waals surface area contributed by atoms with Crippen LogP contribution in [0.25, 0.3) is 11.3 Å². The van der Waals surface area contributed by atoms with Crippen molar-refractivity contribution < 1.29 is 4.74 Å². The van der Waals surface area contributed by atoms with Gasteiger partial charge in [-0.15, -0.1) is 0 Å². The molecule has 0 aliphatic heterocycles. The fraction of sp³-hybridized carbons (Fsp3) is 0.214. The van der Waals surface area contributed by atoms with Crippen LogP contribution in [0.4, 0.5) is 0 Å². The maximum atomic E-state index is 5.66. The molecule has 5 heteroatoms. The average molecular weight is 278 g/mol. The number of rotatable bonds is 6. The van der Waals surface area contributed by atoms with E-state index in [1.807, 2.05) is 37.5 Å². The van der Waals surface area contributed by atoms with Crippen LogP contribution in [0.3, 0.4) is 0 Å². The molecule has 0 atom stereocenters. The van der Waals surface area contributed by atoms with Gasteiger partial charge in [0.15, 0.2) is 0 Å². The Balaban J connectivity index is 2.13. The molecule has 4 nitrogen and oxygen atoms in total. The number of hydrogen-bond donors (Lipinski definition) is 2. The molecule has 0 saturated heterocycles. The van der Waals surface area contributed by atoms with Gasteiger partial charge in [0.25, 0.3) is 0 Å². The molecule has 0 amide bonds. The Kier molecular flexibility index (Phi) is 4.60. The molecule has 0 bridgehead atoms. The normalized spacial score (nSPS) is 10.4. The van der Waals surface area contributed by atoms with Gasteiger partial charge in [-0.2, -0.15) is 5.10 Å². The lowest BCUT2D eigenvalue weighted by Gasteiger charge is -2.06. The number of aromatic nitrogens is 2. The van der Waals surface area contributed by atoms with Crippen molar-refractivity contribution >= 4 is 11.6 Å². The summed E-state index contributed by atoms with van der Waals surface area (Å²) in [6.07, 6.45) is 1.83. The molecule has 1 aromatic heterocycles. The predicted octanol–water partition coefficient (Wildman–Crippen LogP) is 2.93. The Bertz CT molecular complexity index is 548. The molecule has 1 aromatic carbocycles. The molecule has 0 spiro atoms. The fourth-order valence-corrected chi connectivity index (χ4v) is 1.82. The summed E-state index contributed by atoms with van der Waals surface area (Å²) in [5.74, 6) is 0.764. The second-order valence-corrected chi connectivity index (χ2v) is 4.67. The highest BCUT2D eigenvalue weighted by molar-refractivity contribution is 6.29. The van der Waals surface area contributed by atoms with E-state index in [1.165, 1.54) is 0 Å². The number of nitrogens with zero attached hydrogens (tertiary/aromatic N) is 1. The number of ether oxygens (including phenoxy) is 1. The van der Waals surface area contributed by atoms with E-state index >= 15 is 0 Å². The van der Waals surface area contributed by atoms with Crippen LogP contribution in [-0.2, 0) is 6.54 Å². The van der Waals surface area contributed by atoms with Crippen LogP contribution < -0.4 is 10.1 Å². The van der Waals surface area contributed by atoms with Gasteiger partial charge in [0.05, 0.1) is 11.9 Å². The Labute approximate surface area is 117 Å². The Morgan fingerprint density at radius 3 is 2.79 bits per heavy atom. The average Bonchev–Trinajstić information content (AvgIpc) is 2.86. The maximum absolute atomic E-state index is 5.66. The molecule has 100 valence electrons. The van der Waals surface area contributed by atoms with E-state index < -0.39 is 0 Å². The van der Waals surface area contributed by atoms with E-state index in [4.69, 9.17) is 16.3 Å². The standard InChI is InChI=1S/C14H16ClN3O/c1-10(15)9-19-13-5-3-11(4-6-13)14-12(7-16-2)8-17-18-14/h3-6,8,16H,1,7,9H2,2H3,(H,17,18). The van der Waals surface area contributed by atoms with E-state index in [1.54, 1.807) is 0 Å². The van der Waals surface area contributed by atoms with Crippen LogP contribution in [0, 0.1) is 0 Å². The first-order valence-corrected chi connectivity index (χ1v) is 6.32. The lowest BCUT2D eigenvalue weighted by Crippen LogP contribution is -2.05. The molecule has 0 saturated carbocycles. The summed E-state index contributed by atoms with van der Waals surface area (Å²) in [5.41, 5.74) is 3.22. The van der Waals surface area contributed by atoms with Gasteiger partial charge in [0, 0.05) is 22.7 Å². The minimum absolute atomic E-state index is 0.315. The Hall–Kier alpha value is -1.78. The topological polar surface area (TPSA) is 49.9 Å². The van der Waals surface area contributed by atoms with Gasteiger partial charge in [-0.3, -0.25) is 5.10 Å². The smallest absolute Gasteiger partial charge is 0.123 e. The first kappa shape index (κ1) is 13.6. The second kappa shape index (κ2) is 6.41. The number of halogens is 1. The van der Waals surface area contributed by atoms with Crippen LogP contribution >= 0.6 is 11.6 Å². The third kappa shape index (κ3) is 3.59. The van der Waals surface area contributed by atoms with Gasteiger partial charge < -0.3 is 10.1 Å². The number of H-pyrrole nitrogens is 1. The predicted molar refractivity (Wildman–Crippen MR) is 77.3 cm³/mol. The van der Waals surface area contributed by atoms with Crippen molar-refractivity contribution in [2.75, 3.05) is 13.7 Å². The molecular formula is C14H16ClN3O. The van der Waals surface area contributed by atoms with E-state index in [9.17, 15) is 0 Å². The highest BCUT2D eigenvalue weighted by Gasteiger charge is 2.07. The molecule has 0 unspecified atom stereocenters. The molecule has 2 rings (SSSR count). The molecular weight excluding hydrogens is 262 g/mol. The summed E-state index contributed by atoms with van der Waals surface area (Å²) in [7, 11) is 1.91. The minimum atomic E-state index is 0.315. The van der Waals surface area contributed by atoms with Crippen molar-refractivity contribution in [2.45, 2.75) is 6.54 Å². The van der Waals surface area contributed by atoms with Crippen molar-refractivity contribution in [3.05, 3.63) is 47.6 Å². The summed E-state index contributed by atoms with van der Waals surface area (Å²) >= 11 is 5.66. The molecule has 0 aliphatic carbocycles. The maximum Gasteiger partial charge on any atom is 0.123 e. The van der Waals surface area contributed by atoms with Gasteiger partial charge in [0.1, 0.15) is 12.4 Å². The molecule has 0 aliphatic rings. The number of nitrogens with one attached hydrogen (secondary N) is 2. The molecule has 19 heavy (non-hydrogen) atoms. The summed E-state index contributed by atoms with van der Waals surface area (Å²) in [4.78, 5) is 0. The van der Waals surface area contributed by atoms with E-state index in [0.717, 1.165) is 29.1 Å². The lowest BCUT2D eigenvalue weighted by atomic mass is 10.1. The molecule has 2 aromatic rings. The van der Waals surface area contributed by atoms with Gasteiger partial charge >= 0.3 is 0 Å². The van der Waals surface area contributed by atoms with Gasteiger partial charge in [0.2, 0.25) is 0 Å². The third-order valence-corrected chi connectivity index (χ3v) is 2.73. The van der Waals surface area contributed by atoms with Crippen LogP contribution in [0.2, 0.25) is 0 Å². The number of aromatic amines is 1. The monoisotopic (exact) mass is 277 g/mol. The Morgan fingerprint density at radius 1 is 1.42 bits per heavy atom. The number of hydrogen-bond acceptors (Lipinski definition) is 3. The highest BCUT2D eigenvalue weighted by atomic mass is 35.5. The molecule has 0 radical (unpaired) electrons. The fourth-order valence-electron chi connectivity index (χ4n) is 1.76. The minimum Gasteiger partial charge on any atom is -0.488 e. The molecule has 1 heterocycles. The SMILES string of the molecule is C=C(Cl)COc1ccc(-c2[nH]ncc2CNC)cc1. The van der Waals surface area contributed by atoms with Crippen molar-refractivity contribution in [3.8, 4) is 17.0 Å². The number of benzene rings is 1. The zero-order valence-corrected chi connectivity index (χ0v) is 11.5. The van der Waals surface area contributed by atoms with E-state index in [0.29, 0.717) is 11.6 Å². The Morgan fingerprint density at radius 2 is 2.16 bits per heavy atom. The van der Waals surface area contributed by atoms with Crippen molar-refractivity contribution in [1.29, 1.82) is 0 Å². The van der Waals surface area contributed by atoms with E-state index in [2.05, 4.69) is 22.1 Å². The van der Waals surface area contributed by atoms with E-state index in [-0.39, 0.29) is 0 Å².